The normalized spacial score (nSPS) is 11.0. The highest BCUT2D eigenvalue weighted by Gasteiger charge is 2.20. The van der Waals surface area contributed by atoms with Crippen LogP contribution in [0.4, 0.5) is 0 Å². The molecule has 8 nitrogen and oxygen atoms in total. The number of hydrogen-bond acceptors (Lipinski definition) is 6. The Morgan fingerprint density at radius 3 is 2.79 bits per heavy atom. The van der Waals surface area contributed by atoms with E-state index in [9.17, 15) is 9.90 Å². The summed E-state index contributed by atoms with van der Waals surface area (Å²) in [5.74, 6) is 0.796. The Morgan fingerprint density at radius 2 is 2.06 bits per heavy atom. The number of methoxy groups -OCH3 is 1. The number of carbonyl (C=O) groups is 1. The standard InChI is InChI=1S/C24H24ClN5O3/c1-14-19(12-26)22(18-7-6-16(25)11-21(18)31)30-13-20(29-24(30)28-14)23(32)27-9-8-15-4-3-5-17(10-15)33-2/h3-7,10-11,13,31H,8-9,12,26H2,1-2H3,(H,27,32). The maximum atomic E-state index is 12.8. The number of aromatic hydroxyl groups is 1. The van der Waals surface area contributed by atoms with E-state index in [1.54, 1.807) is 29.8 Å². The molecule has 0 radical (unpaired) electrons. The maximum Gasteiger partial charge on any atom is 0.271 e. The van der Waals surface area contributed by atoms with Crippen LogP contribution in [0.15, 0.2) is 48.7 Å². The average Bonchev–Trinajstić information content (AvgIpc) is 3.22. The molecule has 170 valence electrons. The average molecular weight is 466 g/mol. The van der Waals surface area contributed by atoms with Crippen molar-refractivity contribution in [2.24, 2.45) is 5.73 Å². The van der Waals surface area contributed by atoms with Crippen molar-refractivity contribution in [3.05, 3.63) is 76.2 Å². The quantitative estimate of drug-likeness (QED) is 0.385. The Morgan fingerprint density at radius 1 is 1.24 bits per heavy atom. The summed E-state index contributed by atoms with van der Waals surface area (Å²) in [5.41, 5.74) is 9.83. The second-order valence-electron chi connectivity index (χ2n) is 7.54. The molecule has 0 atom stereocenters. The predicted molar refractivity (Wildman–Crippen MR) is 127 cm³/mol. The van der Waals surface area contributed by atoms with E-state index in [0.717, 1.165) is 16.9 Å². The van der Waals surface area contributed by atoms with E-state index in [0.29, 0.717) is 40.7 Å². The largest absolute Gasteiger partial charge is 0.507 e. The smallest absolute Gasteiger partial charge is 0.271 e. The molecule has 33 heavy (non-hydrogen) atoms. The van der Waals surface area contributed by atoms with Gasteiger partial charge in [0, 0.05) is 41.1 Å². The molecule has 0 spiro atoms. The number of nitrogens with one attached hydrogen (secondary N) is 1. The summed E-state index contributed by atoms with van der Waals surface area (Å²) in [4.78, 5) is 21.7. The zero-order valence-electron chi connectivity index (χ0n) is 18.3. The molecule has 2 aromatic heterocycles. The molecule has 0 aliphatic heterocycles. The number of carbonyl (C=O) groups excluding carboxylic acids is 1. The van der Waals surface area contributed by atoms with Gasteiger partial charge in [0.25, 0.3) is 5.91 Å². The molecule has 2 heterocycles. The maximum absolute atomic E-state index is 12.8. The number of hydrogen-bond donors (Lipinski definition) is 3. The van der Waals surface area contributed by atoms with Gasteiger partial charge in [-0.3, -0.25) is 9.20 Å². The molecule has 4 rings (SSSR count). The summed E-state index contributed by atoms with van der Waals surface area (Å²) < 4.78 is 6.91. The number of nitrogens with zero attached hydrogens (tertiary/aromatic N) is 3. The van der Waals surface area contributed by atoms with E-state index in [-0.39, 0.29) is 23.9 Å². The van der Waals surface area contributed by atoms with Gasteiger partial charge in [-0.15, -0.1) is 0 Å². The van der Waals surface area contributed by atoms with Gasteiger partial charge >= 0.3 is 0 Å². The zero-order chi connectivity index (χ0) is 23.5. The lowest BCUT2D eigenvalue weighted by molar-refractivity contribution is 0.0949. The number of rotatable bonds is 7. The zero-order valence-corrected chi connectivity index (χ0v) is 19.1. The van der Waals surface area contributed by atoms with Crippen molar-refractivity contribution < 1.29 is 14.6 Å². The number of amides is 1. The van der Waals surface area contributed by atoms with Gasteiger partial charge in [0.15, 0.2) is 0 Å². The first-order chi connectivity index (χ1) is 15.9. The fourth-order valence-electron chi connectivity index (χ4n) is 3.74. The second kappa shape index (κ2) is 9.48. The number of aryl methyl sites for hydroxylation is 1. The van der Waals surface area contributed by atoms with Crippen LogP contribution in [0.5, 0.6) is 11.5 Å². The van der Waals surface area contributed by atoms with Gasteiger partial charge in [-0.1, -0.05) is 23.7 Å². The molecule has 4 aromatic rings. The molecule has 0 saturated carbocycles. The highest BCUT2D eigenvalue weighted by molar-refractivity contribution is 6.30. The Hall–Kier alpha value is -3.62. The van der Waals surface area contributed by atoms with Crippen LogP contribution in [0.1, 0.15) is 27.3 Å². The van der Waals surface area contributed by atoms with Crippen molar-refractivity contribution in [2.45, 2.75) is 19.9 Å². The van der Waals surface area contributed by atoms with Gasteiger partial charge in [-0.25, -0.2) is 9.97 Å². The van der Waals surface area contributed by atoms with Gasteiger partial charge in [0.2, 0.25) is 5.78 Å². The van der Waals surface area contributed by atoms with E-state index in [4.69, 9.17) is 22.1 Å². The van der Waals surface area contributed by atoms with Crippen LogP contribution in [0, 0.1) is 6.92 Å². The topological polar surface area (TPSA) is 115 Å². The summed E-state index contributed by atoms with van der Waals surface area (Å²) in [6, 6.07) is 12.5. The fourth-order valence-corrected chi connectivity index (χ4v) is 3.90. The summed E-state index contributed by atoms with van der Waals surface area (Å²) in [6.07, 6.45) is 2.25. The first kappa shape index (κ1) is 22.6. The number of halogens is 1. The first-order valence-electron chi connectivity index (χ1n) is 10.4. The van der Waals surface area contributed by atoms with Crippen LogP contribution in [0.3, 0.4) is 0 Å². The Labute approximate surface area is 196 Å². The second-order valence-corrected chi connectivity index (χ2v) is 7.98. The van der Waals surface area contributed by atoms with Crippen LogP contribution >= 0.6 is 11.6 Å². The van der Waals surface area contributed by atoms with Crippen LogP contribution in [-0.4, -0.2) is 39.0 Å². The van der Waals surface area contributed by atoms with Crippen molar-refractivity contribution >= 4 is 23.3 Å². The highest BCUT2D eigenvalue weighted by Crippen LogP contribution is 2.35. The van der Waals surface area contributed by atoms with Crippen molar-refractivity contribution in [2.75, 3.05) is 13.7 Å². The van der Waals surface area contributed by atoms with Crippen molar-refractivity contribution in [1.82, 2.24) is 19.7 Å². The number of phenolic OH excluding ortho intramolecular Hbond substituents is 1. The van der Waals surface area contributed by atoms with Crippen LogP contribution in [0.2, 0.25) is 5.02 Å². The summed E-state index contributed by atoms with van der Waals surface area (Å²) in [6.45, 7) is 2.46. The SMILES string of the molecule is COc1cccc(CCNC(=O)c2cn3c(-c4ccc(Cl)cc4O)c(CN)c(C)nc3n2)c1. The molecule has 4 N–H and O–H groups in total. The number of aromatic nitrogens is 3. The van der Waals surface area contributed by atoms with Crippen molar-refractivity contribution in [3.8, 4) is 22.8 Å². The Kier molecular flexibility index (Phi) is 6.48. The lowest BCUT2D eigenvalue weighted by Crippen LogP contribution is -2.26. The van der Waals surface area contributed by atoms with Crippen molar-refractivity contribution in [1.29, 1.82) is 0 Å². The van der Waals surface area contributed by atoms with E-state index in [1.165, 1.54) is 6.07 Å². The van der Waals surface area contributed by atoms with Gasteiger partial charge < -0.3 is 20.9 Å². The molecular formula is C24H24ClN5O3. The first-order valence-corrected chi connectivity index (χ1v) is 10.8. The van der Waals surface area contributed by atoms with Crippen LogP contribution in [-0.2, 0) is 13.0 Å². The molecule has 0 bridgehead atoms. The summed E-state index contributed by atoms with van der Waals surface area (Å²) in [5, 5.41) is 13.8. The minimum atomic E-state index is -0.318. The third-order valence-electron chi connectivity index (χ3n) is 5.40. The summed E-state index contributed by atoms with van der Waals surface area (Å²) >= 11 is 6.01. The third-order valence-corrected chi connectivity index (χ3v) is 5.64. The van der Waals surface area contributed by atoms with Gasteiger partial charge in [-0.05, 0) is 49.2 Å². The number of imidazole rings is 1. The van der Waals surface area contributed by atoms with E-state index in [2.05, 4.69) is 15.3 Å². The van der Waals surface area contributed by atoms with E-state index >= 15 is 0 Å². The highest BCUT2D eigenvalue weighted by atomic mass is 35.5. The minimum Gasteiger partial charge on any atom is -0.507 e. The van der Waals surface area contributed by atoms with Crippen molar-refractivity contribution in [3.63, 3.8) is 0 Å². The molecular weight excluding hydrogens is 442 g/mol. The molecule has 0 aliphatic carbocycles. The molecule has 9 heteroatoms. The molecule has 2 aromatic carbocycles. The number of fused-ring (bicyclic) bond motifs is 1. The number of benzene rings is 2. The number of phenols is 1. The third kappa shape index (κ3) is 4.62. The molecule has 0 saturated heterocycles. The van der Waals surface area contributed by atoms with E-state index < -0.39 is 0 Å². The Balaban J connectivity index is 1.64. The fraction of sp³-hybridized carbons (Fsp3) is 0.208. The minimum absolute atomic E-state index is 0.00194. The summed E-state index contributed by atoms with van der Waals surface area (Å²) in [7, 11) is 1.62. The monoisotopic (exact) mass is 465 g/mol. The van der Waals surface area contributed by atoms with Gasteiger partial charge in [-0.2, -0.15) is 0 Å². The van der Waals surface area contributed by atoms with Gasteiger partial charge in [0.1, 0.15) is 17.2 Å². The Bertz CT molecular complexity index is 1340. The molecule has 0 aliphatic rings. The number of ether oxygens (including phenoxy) is 1. The predicted octanol–water partition coefficient (Wildman–Crippen LogP) is 3.50. The molecule has 1 amide bonds. The lowest BCUT2D eigenvalue weighted by Gasteiger charge is -2.14. The van der Waals surface area contributed by atoms with Crippen LogP contribution in [0.25, 0.3) is 17.0 Å². The number of nitrogens with two attached hydrogens (primary N) is 1. The van der Waals surface area contributed by atoms with E-state index in [1.807, 2.05) is 31.2 Å². The lowest BCUT2D eigenvalue weighted by atomic mass is 10.0. The van der Waals surface area contributed by atoms with Gasteiger partial charge in [0.05, 0.1) is 12.8 Å². The van der Waals surface area contributed by atoms with Crippen LogP contribution < -0.4 is 15.8 Å². The molecule has 0 fully saturated rings. The molecule has 0 unspecified atom stereocenters.